The van der Waals surface area contributed by atoms with E-state index in [0.29, 0.717) is 47.3 Å². The van der Waals surface area contributed by atoms with Gasteiger partial charge < -0.3 is 24.8 Å². The average Bonchev–Trinajstić information content (AvgIpc) is 2.72. The molecule has 2 unspecified atom stereocenters. The van der Waals surface area contributed by atoms with Crippen LogP contribution in [0.25, 0.3) is 10.9 Å². The molecule has 2 atom stereocenters. The first kappa shape index (κ1) is 19.2. The van der Waals surface area contributed by atoms with Crippen molar-refractivity contribution in [2.24, 2.45) is 0 Å². The summed E-state index contributed by atoms with van der Waals surface area (Å²) in [4.78, 5) is 11.3. The molecule has 7 nitrogen and oxygen atoms in total. The lowest BCUT2D eigenvalue weighted by atomic mass is 10.1. The maximum atomic E-state index is 13.3. The van der Waals surface area contributed by atoms with Gasteiger partial charge in [0.1, 0.15) is 17.7 Å². The molecule has 0 amide bonds. The van der Waals surface area contributed by atoms with Gasteiger partial charge in [-0.15, -0.1) is 0 Å². The lowest BCUT2D eigenvalue weighted by Crippen LogP contribution is -2.43. The number of ether oxygens (including phenoxy) is 3. The maximum Gasteiger partial charge on any atom is 0.228 e. The van der Waals surface area contributed by atoms with Crippen molar-refractivity contribution in [3.63, 3.8) is 0 Å². The van der Waals surface area contributed by atoms with Gasteiger partial charge in [0.15, 0.2) is 11.5 Å². The fourth-order valence-electron chi connectivity index (χ4n) is 3.58. The van der Waals surface area contributed by atoms with Gasteiger partial charge in [0.2, 0.25) is 5.95 Å². The molecule has 4 rings (SSSR count). The third-order valence-corrected chi connectivity index (χ3v) is 5.00. The fraction of sp³-hybridized carbons (Fsp3) is 0.333. The Balaban J connectivity index is 1.70. The minimum atomic E-state index is -0.274. The van der Waals surface area contributed by atoms with Gasteiger partial charge in [-0.2, -0.15) is 4.98 Å². The minimum absolute atomic E-state index is 0.0512. The zero-order chi connectivity index (χ0) is 20.5. The SMILES string of the molecule is COc1cc2nc(N3CC(C)OC(c4ccc(F)cc4)C3)nc(N)c2cc1OC. The summed E-state index contributed by atoms with van der Waals surface area (Å²) in [5.74, 6) is 1.75. The number of nitrogens with two attached hydrogens (primary N) is 1. The molecule has 0 aliphatic carbocycles. The molecule has 2 heterocycles. The number of methoxy groups -OCH3 is 2. The van der Waals surface area contributed by atoms with E-state index in [1.165, 1.54) is 12.1 Å². The molecule has 1 aliphatic rings. The second-order valence-electron chi connectivity index (χ2n) is 7.03. The first-order chi connectivity index (χ1) is 14.0. The quantitative estimate of drug-likeness (QED) is 0.722. The first-order valence-electron chi connectivity index (χ1n) is 9.33. The fourth-order valence-corrected chi connectivity index (χ4v) is 3.58. The summed E-state index contributed by atoms with van der Waals surface area (Å²) in [6.45, 7) is 3.14. The van der Waals surface area contributed by atoms with E-state index >= 15 is 0 Å². The summed E-state index contributed by atoms with van der Waals surface area (Å²) in [7, 11) is 3.14. The number of anilines is 2. The highest BCUT2D eigenvalue weighted by Gasteiger charge is 2.28. The number of aromatic nitrogens is 2. The number of morpholine rings is 1. The van der Waals surface area contributed by atoms with Crippen LogP contribution in [0.5, 0.6) is 11.5 Å². The molecule has 1 aliphatic heterocycles. The normalized spacial score (nSPS) is 19.4. The molecule has 0 radical (unpaired) electrons. The van der Waals surface area contributed by atoms with Crippen molar-refractivity contribution < 1.29 is 18.6 Å². The van der Waals surface area contributed by atoms with Crippen molar-refractivity contribution in [3.05, 3.63) is 47.8 Å². The molecule has 29 heavy (non-hydrogen) atoms. The van der Waals surface area contributed by atoms with Crippen molar-refractivity contribution in [1.82, 2.24) is 9.97 Å². The summed E-state index contributed by atoms with van der Waals surface area (Å²) in [5.41, 5.74) is 7.80. The summed E-state index contributed by atoms with van der Waals surface area (Å²) in [5, 5.41) is 0.697. The smallest absolute Gasteiger partial charge is 0.228 e. The van der Waals surface area contributed by atoms with Crippen LogP contribution in [-0.4, -0.2) is 43.4 Å². The summed E-state index contributed by atoms with van der Waals surface area (Å²) in [6, 6.07) is 9.92. The van der Waals surface area contributed by atoms with E-state index in [-0.39, 0.29) is 18.0 Å². The van der Waals surface area contributed by atoms with Crippen LogP contribution in [0.1, 0.15) is 18.6 Å². The summed E-state index contributed by atoms with van der Waals surface area (Å²) < 4.78 is 30.1. The zero-order valence-electron chi connectivity index (χ0n) is 16.6. The Morgan fingerprint density at radius 2 is 1.76 bits per heavy atom. The monoisotopic (exact) mass is 398 g/mol. The highest BCUT2D eigenvalue weighted by molar-refractivity contribution is 5.91. The minimum Gasteiger partial charge on any atom is -0.493 e. The predicted octanol–water partition coefficient (Wildman–Crippen LogP) is 3.33. The number of nitrogen functional groups attached to an aromatic ring is 1. The van der Waals surface area contributed by atoms with E-state index in [1.54, 1.807) is 38.5 Å². The van der Waals surface area contributed by atoms with Gasteiger partial charge in [0.25, 0.3) is 0 Å². The molecular weight excluding hydrogens is 375 g/mol. The molecule has 152 valence electrons. The first-order valence-corrected chi connectivity index (χ1v) is 9.33. The van der Waals surface area contributed by atoms with Crippen LogP contribution in [0.3, 0.4) is 0 Å². The van der Waals surface area contributed by atoms with E-state index in [1.807, 2.05) is 11.8 Å². The third-order valence-electron chi connectivity index (χ3n) is 5.00. The van der Waals surface area contributed by atoms with Gasteiger partial charge in [-0.25, -0.2) is 9.37 Å². The standard InChI is InChI=1S/C21H23FN4O3/c1-12-10-26(11-19(29-12)13-4-6-14(22)7-5-13)21-24-16-9-18(28-3)17(27-2)8-15(16)20(23)25-21/h4-9,12,19H,10-11H2,1-3H3,(H2,23,24,25). The van der Waals surface area contributed by atoms with Gasteiger partial charge in [0, 0.05) is 18.0 Å². The number of halogens is 1. The Morgan fingerprint density at radius 3 is 2.45 bits per heavy atom. The number of hydrogen-bond acceptors (Lipinski definition) is 7. The Labute approximate surface area is 168 Å². The van der Waals surface area contributed by atoms with E-state index in [0.717, 1.165) is 5.56 Å². The van der Waals surface area contributed by atoms with Crippen LogP contribution in [0.2, 0.25) is 0 Å². The summed E-state index contributed by atoms with van der Waals surface area (Å²) in [6.07, 6.45) is -0.269. The van der Waals surface area contributed by atoms with Gasteiger partial charge in [-0.3, -0.25) is 0 Å². The molecular formula is C21H23FN4O3. The molecule has 0 spiro atoms. The number of fused-ring (bicyclic) bond motifs is 1. The Hall–Kier alpha value is -3.13. The topological polar surface area (TPSA) is 82.7 Å². The lowest BCUT2D eigenvalue weighted by molar-refractivity contribution is -0.0178. The van der Waals surface area contributed by atoms with E-state index < -0.39 is 0 Å². The van der Waals surface area contributed by atoms with E-state index in [4.69, 9.17) is 24.9 Å². The van der Waals surface area contributed by atoms with Crippen LogP contribution in [-0.2, 0) is 4.74 Å². The van der Waals surface area contributed by atoms with Crippen molar-refractivity contribution in [1.29, 1.82) is 0 Å². The van der Waals surface area contributed by atoms with Crippen LogP contribution in [0.15, 0.2) is 36.4 Å². The molecule has 1 fully saturated rings. The second kappa shape index (κ2) is 7.71. The zero-order valence-corrected chi connectivity index (χ0v) is 16.6. The molecule has 0 bridgehead atoms. The molecule has 3 aromatic rings. The van der Waals surface area contributed by atoms with Crippen molar-refractivity contribution >= 4 is 22.7 Å². The van der Waals surface area contributed by atoms with Crippen molar-refractivity contribution in [2.45, 2.75) is 19.1 Å². The van der Waals surface area contributed by atoms with Crippen molar-refractivity contribution in [3.8, 4) is 11.5 Å². The molecule has 0 saturated carbocycles. The second-order valence-corrected chi connectivity index (χ2v) is 7.03. The largest absolute Gasteiger partial charge is 0.493 e. The van der Waals surface area contributed by atoms with E-state index in [9.17, 15) is 4.39 Å². The summed E-state index contributed by atoms with van der Waals surface area (Å²) >= 11 is 0. The van der Waals surface area contributed by atoms with Crippen LogP contribution in [0.4, 0.5) is 16.2 Å². The Kier molecular flexibility index (Phi) is 5.10. The molecule has 2 aromatic carbocycles. The van der Waals surface area contributed by atoms with Gasteiger partial charge in [-0.1, -0.05) is 12.1 Å². The highest BCUT2D eigenvalue weighted by Crippen LogP contribution is 2.35. The van der Waals surface area contributed by atoms with Crippen LogP contribution < -0.4 is 20.1 Å². The number of hydrogen-bond donors (Lipinski definition) is 1. The van der Waals surface area contributed by atoms with Gasteiger partial charge in [0.05, 0.1) is 32.4 Å². The molecule has 8 heteroatoms. The van der Waals surface area contributed by atoms with E-state index in [2.05, 4.69) is 4.98 Å². The number of benzene rings is 2. The average molecular weight is 398 g/mol. The molecule has 1 saturated heterocycles. The molecule has 1 aromatic heterocycles. The number of nitrogens with zero attached hydrogens (tertiary/aromatic N) is 3. The van der Waals surface area contributed by atoms with Gasteiger partial charge >= 0.3 is 0 Å². The third kappa shape index (κ3) is 3.75. The Bertz CT molecular complexity index is 1030. The van der Waals surface area contributed by atoms with Gasteiger partial charge in [-0.05, 0) is 30.7 Å². The number of rotatable bonds is 4. The maximum absolute atomic E-state index is 13.3. The van der Waals surface area contributed by atoms with Crippen molar-refractivity contribution in [2.75, 3.05) is 37.9 Å². The lowest BCUT2D eigenvalue weighted by Gasteiger charge is -2.37. The van der Waals surface area contributed by atoms with Crippen LogP contribution in [0, 0.1) is 5.82 Å². The predicted molar refractivity (Wildman–Crippen MR) is 109 cm³/mol. The molecule has 2 N–H and O–H groups in total. The Morgan fingerprint density at radius 1 is 1.07 bits per heavy atom. The van der Waals surface area contributed by atoms with Crippen LogP contribution >= 0.6 is 0 Å². The highest BCUT2D eigenvalue weighted by atomic mass is 19.1.